The maximum absolute atomic E-state index is 13.1. The van der Waals surface area contributed by atoms with Crippen LogP contribution in [0.25, 0.3) is 0 Å². The minimum absolute atomic E-state index is 0.0657. The van der Waals surface area contributed by atoms with Gasteiger partial charge in [-0.1, -0.05) is 60.7 Å². The molecule has 2 aromatic rings. The number of ether oxygens (including phenoxy) is 1. The molecule has 0 aliphatic carbocycles. The molecule has 0 spiro atoms. The molecule has 11 heteroatoms. The second-order valence-corrected chi connectivity index (χ2v) is 8.60. The lowest BCUT2D eigenvalue weighted by Crippen LogP contribution is -2.55. The van der Waals surface area contributed by atoms with E-state index < -0.39 is 41.8 Å². The minimum atomic E-state index is -0.974. The van der Waals surface area contributed by atoms with Crippen molar-refractivity contribution in [3.05, 3.63) is 71.8 Å². The number of rotatable bonds is 11. The van der Waals surface area contributed by atoms with Gasteiger partial charge in [-0.15, -0.1) is 0 Å². The normalized spacial score (nSPS) is 15.4. The Balaban J connectivity index is 1.55. The number of hydrogen-bond acceptors (Lipinski definition) is 6. The van der Waals surface area contributed by atoms with E-state index in [9.17, 15) is 24.0 Å². The quantitative estimate of drug-likeness (QED) is 0.339. The number of nitrogens with zero attached hydrogens (tertiary/aromatic N) is 1. The smallest absolute Gasteiger partial charge is 0.407 e. The van der Waals surface area contributed by atoms with Gasteiger partial charge in [-0.3, -0.25) is 19.2 Å². The molecule has 11 nitrogen and oxygen atoms in total. The van der Waals surface area contributed by atoms with Gasteiger partial charge < -0.3 is 31.3 Å². The second-order valence-electron chi connectivity index (χ2n) is 8.60. The minimum Gasteiger partial charge on any atom is -0.445 e. The van der Waals surface area contributed by atoms with E-state index in [4.69, 9.17) is 10.5 Å². The monoisotopic (exact) mass is 509 g/mol. The summed E-state index contributed by atoms with van der Waals surface area (Å²) in [5.41, 5.74) is 6.74. The van der Waals surface area contributed by atoms with E-state index in [1.165, 1.54) is 4.90 Å². The third-order valence-electron chi connectivity index (χ3n) is 5.82. The molecular formula is C26H31N5O6. The molecule has 2 atom stereocenters. The highest BCUT2D eigenvalue weighted by molar-refractivity contribution is 5.94. The lowest BCUT2D eigenvalue weighted by molar-refractivity contribution is -0.139. The molecule has 1 aliphatic rings. The summed E-state index contributed by atoms with van der Waals surface area (Å²) < 4.78 is 5.11. The van der Waals surface area contributed by atoms with E-state index >= 15 is 0 Å². The summed E-state index contributed by atoms with van der Waals surface area (Å²) in [6.45, 7) is -0.283. The summed E-state index contributed by atoms with van der Waals surface area (Å²) in [5, 5.41) is 7.54. The fraction of sp³-hybridized carbons (Fsp3) is 0.346. The van der Waals surface area contributed by atoms with Crippen LogP contribution in [-0.2, 0) is 36.9 Å². The van der Waals surface area contributed by atoms with Crippen molar-refractivity contribution in [3.63, 3.8) is 0 Å². The zero-order valence-corrected chi connectivity index (χ0v) is 20.4. The van der Waals surface area contributed by atoms with Crippen molar-refractivity contribution >= 4 is 29.7 Å². The molecule has 5 N–H and O–H groups in total. The molecule has 2 aromatic carbocycles. The molecule has 1 heterocycles. The zero-order valence-electron chi connectivity index (χ0n) is 20.4. The zero-order chi connectivity index (χ0) is 26.6. The van der Waals surface area contributed by atoms with Gasteiger partial charge in [-0.2, -0.15) is 0 Å². The third kappa shape index (κ3) is 8.64. The Morgan fingerprint density at radius 1 is 0.919 bits per heavy atom. The van der Waals surface area contributed by atoms with Gasteiger partial charge in [-0.25, -0.2) is 4.79 Å². The van der Waals surface area contributed by atoms with E-state index in [2.05, 4.69) is 16.0 Å². The molecule has 1 fully saturated rings. The first-order valence-electron chi connectivity index (χ1n) is 12.0. The second kappa shape index (κ2) is 13.6. The van der Waals surface area contributed by atoms with Gasteiger partial charge in [0.25, 0.3) is 0 Å². The predicted octanol–water partition coefficient (Wildman–Crippen LogP) is 0.233. The maximum Gasteiger partial charge on any atom is 0.407 e. The summed E-state index contributed by atoms with van der Waals surface area (Å²) in [4.78, 5) is 63.0. The van der Waals surface area contributed by atoms with Crippen LogP contribution < -0.4 is 21.7 Å². The van der Waals surface area contributed by atoms with Gasteiger partial charge in [0.05, 0.1) is 6.54 Å². The standard InChI is InChI=1S/C26H31N5O6/c27-22(32)15-28-24(34)20(14-18-8-3-1-4-9-18)30-25(35)21-12-7-13-31(21)23(33)16-29-26(36)37-17-19-10-5-2-6-11-19/h1-6,8-11,20-21H,7,12-17H2,(H2,27,32)(H,28,34)(H,29,36)(H,30,35)/t20-,21-/m0/s1. The van der Waals surface area contributed by atoms with Gasteiger partial charge in [0.15, 0.2) is 0 Å². The van der Waals surface area contributed by atoms with E-state index in [0.29, 0.717) is 19.4 Å². The van der Waals surface area contributed by atoms with E-state index in [1.807, 2.05) is 60.7 Å². The van der Waals surface area contributed by atoms with Gasteiger partial charge in [0, 0.05) is 13.0 Å². The van der Waals surface area contributed by atoms with Crippen LogP contribution in [0.15, 0.2) is 60.7 Å². The van der Waals surface area contributed by atoms with Crippen LogP contribution in [0, 0.1) is 0 Å². The van der Waals surface area contributed by atoms with Crippen LogP contribution in [0.4, 0.5) is 4.79 Å². The van der Waals surface area contributed by atoms with E-state index in [0.717, 1.165) is 11.1 Å². The van der Waals surface area contributed by atoms with Crippen LogP contribution >= 0.6 is 0 Å². The molecule has 1 aliphatic heterocycles. The van der Waals surface area contributed by atoms with Crippen molar-refractivity contribution in [2.75, 3.05) is 19.6 Å². The SMILES string of the molecule is NC(=O)CNC(=O)[C@H](Cc1ccccc1)NC(=O)[C@@H]1CCCN1C(=O)CNC(=O)OCc1ccccc1. The molecule has 3 rings (SSSR count). The van der Waals surface area contributed by atoms with E-state index in [1.54, 1.807) is 0 Å². The van der Waals surface area contributed by atoms with Gasteiger partial charge in [0.1, 0.15) is 25.2 Å². The number of nitrogens with one attached hydrogen (secondary N) is 3. The number of primary amides is 1. The Morgan fingerprint density at radius 3 is 2.22 bits per heavy atom. The fourth-order valence-electron chi connectivity index (χ4n) is 3.99. The molecule has 0 radical (unpaired) electrons. The van der Waals surface area contributed by atoms with Crippen LogP contribution in [0.5, 0.6) is 0 Å². The fourth-order valence-corrected chi connectivity index (χ4v) is 3.99. The van der Waals surface area contributed by atoms with Gasteiger partial charge in [-0.05, 0) is 24.0 Å². The van der Waals surface area contributed by atoms with Crippen molar-refractivity contribution in [1.82, 2.24) is 20.9 Å². The summed E-state index contributed by atoms with van der Waals surface area (Å²) in [7, 11) is 0. The lowest BCUT2D eigenvalue weighted by atomic mass is 10.0. The number of likely N-dealkylation sites (tertiary alicyclic amines) is 1. The van der Waals surface area contributed by atoms with Crippen molar-refractivity contribution < 1.29 is 28.7 Å². The summed E-state index contributed by atoms with van der Waals surface area (Å²) in [6, 6.07) is 16.4. The first kappa shape index (κ1) is 27.2. The summed E-state index contributed by atoms with van der Waals surface area (Å²) >= 11 is 0. The number of nitrogens with two attached hydrogens (primary N) is 1. The van der Waals surface area contributed by atoms with Crippen LogP contribution in [0.3, 0.4) is 0 Å². The van der Waals surface area contributed by atoms with Crippen LogP contribution in [0.1, 0.15) is 24.0 Å². The van der Waals surface area contributed by atoms with Crippen molar-refractivity contribution in [2.24, 2.45) is 5.73 Å². The Kier molecular flexibility index (Phi) is 10.0. The Bertz CT molecular complexity index is 1100. The molecule has 196 valence electrons. The van der Waals surface area contributed by atoms with Crippen molar-refractivity contribution in [3.8, 4) is 0 Å². The van der Waals surface area contributed by atoms with Crippen LogP contribution in [0.2, 0.25) is 0 Å². The number of carbonyl (C=O) groups is 5. The summed E-state index contributed by atoms with van der Waals surface area (Å²) in [5.74, 6) is -2.20. The Morgan fingerprint density at radius 2 is 1.57 bits per heavy atom. The maximum atomic E-state index is 13.1. The third-order valence-corrected chi connectivity index (χ3v) is 5.82. The highest BCUT2D eigenvalue weighted by Crippen LogP contribution is 2.18. The summed E-state index contributed by atoms with van der Waals surface area (Å²) in [6.07, 6.45) is 0.454. The van der Waals surface area contributed by atoms with Crippen molar-refractivity contribution in [1.29, 1.82) is 0 Å². The molecule has 0 bridgehead atoms. The topological polar surface area (TPSA) is 160 Å². The van der Waals surface area contributed by atoms with Crippen molar-refractivity contribution in [2.45, 2.75) is 38.0 Å². The average molecular weight is 510 g/mol. The highest BCUT2D eigenvalue weighted by atomic mass is 16.5. The predicted molar refractivity (Wildman–Crippen MR) is 134 cm³/mol. The molecule has 1 saturated heterocycles. The highest BCUT2D eigenvalue weighted by Gasteiger charge is 2.36. The number of hydrogen-bond donors (Lipinski definition) is 4. The van der Waals surface area contributed by atoms with E-state index in [-0.39, 0.29) is 26.1 Å². The average Bonchev–Trinajstić information content (AvgIpc) is 3.40. The molecule has 0 aromatic heterocycles. The first-order chi connectivity index (χ1) is 17.8. The van der Waals surface area contributed by atoms with Gasteiger partial charge in [0.2, 0.25) is 23.6 Å². The van der Waals surface area contributed by atoms with Crippen LogP contribution in [-0.4, -0.2) is 66.3 Å². The van der Waals surface area contributed by atoms with Gasteiger partial charge >= 0.3 is 6.09 Å². The number of carbonyl (C=O) groups excluding carboxylic acids is 5. The number of benzene rings is 2. The molecule has 5 amide bonds. The molecular weight excluding hydrogens is 478 g/mol. The molecule has 0 unspecified atom stereocenters. The molecule has 0 saturated carbocycles. The molecule has 37 heavy (non-hydrogen) atoms. The number of amides is 5. The Labute approximate surface area is 214 Å². The Hall–Kier alpha value is -4.41. The largest absolute Gasteiger partial charge is 0.445 e. The lowest BCUT2D eigenvalue weighted by Gasteiger charge is -2.26. The first-order valence-corrected chi connectivity index (χ1v) is 12.0. The number of alkyl carbamates (subject to hydrolysis) is 1.